The molecule has 2 heterocycles. The summed E-state index contributed by atoms with van der Waals surface area (Å²) in [5.74, 6) is 0. The van der Waals surface area contributed by atoms with E-state index in [0.29, 0.717) is 0 Å². The van der Waals surface area contributed by atoms with E-state index in [1.54, 1.807) is 7.11 Å². The van der Waals surface area contributed by atoms with Crippen molar-refractivity contribution in [2.45, 2.75) is 0 Å². The van der Waals surface area contributed by atoms with Gasteiger partial charge in [0.1, 0.15) is 0 Å². The van der Waals surface area contributed by atoms with Gasteiger partial charge in [0.25, 0.3) is 7.58 Å². The first-order chi connectivity index (χ1) is 10.6. The molecule has 1 atom stereocenters. The Kier molecular flexibility index (Phi) is 5.71. The first kappa shape index (κ1) is 19.8. The van der Waals surface area contributed by atoms with Crippen molar-refractivity contribution in [3.8, 4) is 0 Å². The fraction of sp³-hybridized carbons (Fsp3) is 1.00. The molecule has 0 bridgehead atoms. The highest BCUT2D eigenvalue weighted by atomic mass is 31.3. The van der Waals surface area contributed by atoms with Crippen LogP contribution in [-0.2, 0) is 4.52 Å². The highest BCUT2D eigenvalue weighted by molar-refractivity contribution is 7.82. The van der Waals surface area contributed by atoms with Crippen LogP contribution >= 0.6 is 22.6 Å². The SMILES string of the molecule is COP1(N2CC2)=NP(N(C)C)(N(C)C)=NP(N(C)C)(N(C)C)=N1. The van der Waals surface area contributed by atoms with Crippen LogP contribution in [0.4, 0.5) is 0 Å². The Balaban J connectivity index is 2.93. The molecule has 0 N–H and O–H groups in total. The smallest absolute Gasteiger partial charge is 0.282 e. The van der Waals surface area contributed by atoms with Crippen LogP contribution in [0.5, 0.6) is 0 Å². The van der Waals surface area contributed by atoms with Crippen molar-refractivity contribution < 1.29 is 4.52 Å². The molecule has 0 radical (unpaired) electrons. The van der Waals surface area contributed by atoms with Gasteiger partial charge in [-0.3, -0.25) is 0 Å². The third kappa shape index (κ3) is 3.17. The van der Waals surface area contributed by atoms with Crippen LogP contribution in [0, 0.1) is 0 Å². The van der Waals surface area contributed by atoms with Crippen LogP contribution in [0.2, 0.25) is 0 Å². The van der Waals surface area contributed by atoms with Gasteiger partial charge in [0, 0.05) is 20.2 Å². The normalized spacial score (nSPS) is 29.6. The summed E-state index contributed by atoms with van der Waals surface area (Å²) < 4.78 is 32.6. The van der Waals surface area contributed by atoms with Crippen molar-refractivity contribution in [2.75, 3.05) is 76.6 Å². The van der Waals surface area contributed by atoms with E-state index in [4.69, 9.17) is 18.1 Å². The molecule has 2 rings (SSSR count). The summed E-state index contributed by atoms with van der Waals surface area (Å²) in [6.07, 6.45) is 0. The van der Waals surface area contributed by atoms with Gasteiger partial charge in [-0.2, -0.15) is 13.5 Å². The predicted octanol–water partition coefficient (Wildman–Crippen LogP) is 3.05. The van der Waals surface area contributed by atoms with Gasteiger partial charge in [0.15, 0.2) is 0 Å². The first-order valence-electron chi connectivity index (χ1n) is 7.50. The van der Waals surface area contributed by atoms with Crippen LogP contribution in [-0.4, -0.2) is 99.9 Å². The second-order valence-corrected chi connectivity index (χ2v) is 15.8. The van der Waals surface area contributed by atoms with Crippen molar-refractivity contribution in [2.24, 2.45) is 13.5 Å². The van der Waals surface area contributed by atoms with Gasteiger partial charge in [-0.25, -0.2) is 23.4 Å². The average Bonchev–Trinajstić information content (AvgIpc) is 3.30. The Hall–Kier alpha value is 0.450. The van der Waals surface area contributed by atoms with Crippen LogP contribution in [0.15, 0.2) is 13.5 Å². The second-order valence-electron chi connectivity index (χ2n) is 6.38. The molecule has 0 aromatic rings. The van der Waals surface area contributed by atoms with Crippen molar-refractivity contribution >= 4 is 22.6 Å². The molecule has 136 valence electrons. The summed E-state index contributed by atoms with van der Waals surface area (Å²) in [4.78, 5) is 0. The molecule has 2 aliphatic rings. The van der Waals surface area contributed by atoms with E-state index in [1.807, 2.05) is 0 Å². The van der Waals surface area contributed by atoms with Gasteiger partial charge in [-0.1, -0.05) is 0 Å². The van der Waals surface area contributed by atoms with Gasteiger partial charge in [-0.15, -0.1) is 0 Å². The summed E-state index contributed by atoms with van der Waals surface area (Å²) in [5, 5.41) is 0. The molecule has 0 saturated carbocycles. The van der Waals surface area contributed by atoms with Gasteiger partial charge in [0.2, 0.25) is 15.0 Å². The van der Waals surface area contributed by atoms with Gasteiger partial charge < -0.3 is 4.52 Å². The Morgan fingerprint density at radius 3 is 1.39 bits per heavy atom. The van der Waals surface area contributed by atoms with Crippen molar-refractivity contribution in [1.29, 1.82) is 0 Å². The Morgan fingerprint density at radius 2 is 1.09 bits per heavy atom. The Morgan fingerprint density at radius 1 is 0.696 bits per heavy atom. The molecule has 0 aromatic carbocycles. The quantitative estimate of drug-likeness (QED) is 0.518. The number of nitrogens with zero attached hydrogens (tertiary/aromatic N) is 8. The van der Waals surface area contributed by atoms with Crippen molar-refractivity contribution in [1.82, 2.24) is 23.4 Å². The lowest BCUT2D eigenvalue weighted by Gasteiger charge is -2.44. The standard InChI is InChI=1S/C11H31N8OP3/c1-15(2)21(16(3)4)12-22(17(5)6,18(7)8)14-23(13-21,20-9)19-10-11-19/h10-11H2,1-9H3. The lowest BCUT2D eigenvalue weighted by atomic mass is 11.0. The molecule has 1 unspecified atom stereocenters. The third-order valence-electron chi connectivity index (χ3n) is 3.90. The summed E-state index contributed by atoms with van der Waals surface area (Å²) in [6.45, 7) is 1.99. The molecule has 23 heavy (non-hydrogen) atoms. The topological polar surface area (TPSA) is 62.3 Å². The van der Waals surface area contributed by atoms with Gasteiger partial charge in [0.05, 0.1) is 0 Å². The number of rotatable bonds is 6. The first-order valence-corrected chi connectivity index (χ1v) is 12.3. The van der Waals surface area contributed by atoms with E-state index in [2.05, 4.69) is 79.7 Å². The highest BCUT2D eigenvalue weighted by Gasteiger charge is 2.47. The van der Waals surface area contributed by atoms with Gasteiger partial charge in [-0.05, 0) is 56.4 Å². The lowest BCUT2D eigenvalue weighted by Crippen LogP contribution is -2.26. The van der Waals surface area contributed by atoms with Crippen molar-refractivity contribution in [3.05, 3.63) is 0 Å². The zero-order valence-electron chi connectivity index (χ0n) is 15.7. The molecule has 0 spiro atoms. The van der Waals surface area contributed by atoms with E-state index >= 15 is 0 Å². The molecular formula is C11H31N8OP3. The molecular weight excluding hydrogens is 353 g/mol. The Labute approximate surface area is 141 Å². The summed E-state index contributed by atoms with van der Waals surface area (Å²) in [5.41, 5.74) is 0. The minimum Gasteiger partial charge on any atom is -0.319 e. The molecule has 0 aliphatic carbocycles. The van der Waals surface area contributed by atoms with E-state index in [9.17, 15) is 0 Å². The molecule has 12 heteroatoms. The molecule has 0 aromatic heterocycles. The third-order valence-corrected chi connectivity index (χ3v) is 15.5. The molecule has 1 fully saturated rings. The van der Waals surface area contributed by atoms with Crippen LogP contribution < -0.4 is 0 Å². The van der Waals surface area contributed by atoms with Crippen molar-refractivity contribution in [3.63, 3.8) is 0 Å². The number of hydrogen-bond acceptors (Lipinski definition) is 9. The van der Waals surface area contributed by atoms with E-state index in [1.165, 1.54) is 0 Å². The maximum absolute atomic E-state index is 6.01. The maximum Gasteiger partial charge on any atom is 0.282 e. The summed E-state index contributed by atoms with van der Waals surface area (Å²) in [6, 6.07) is 0. The fourth-order valence-corrected chi connectivity index (χ4v) is 16.6. The van der Waals surface area contributed by atoms with E-state index < -0.39 is 22.6 Å². The van der Waals surface area contributed by atoms with Crippen LogP contribution in [0.1, 0.15) is 0 Å². The minimum atomic E-state index is -2.37. The van der Waals surface area contributed by atoms with E-state index in [-0.39, 0.29) is 0 Å². The van der Waals surface area contributed by atoms with E-state index in [0.717, 1.165) is 13.1 Å². The monoisotopic (exact) mass is 384 g/mol. The maximum atomic E-state index is 6.01. The molecule has 0 amide bonds. The zero-order valence-corrected chi connectivity index (χ0v) is 18.4. The fourth-order valence-electron chi connectivity index (χ4n) is 2.49. The molecule has 2 aliphatic heterocycles. The van der Waals surface area contributed by atoms with Crippen LogP contribution in [0.25, 0.3) is 0 Å². The largest absolute Gasteiger partial charge is 0.319 e. The molecule has 9 nitrogen and oxygen atoms in total. The lowest BCUT2D eigenvalue weighted by molar-refractivity contribution is 0.427. The molecule has 1 saturated heterocycles. The minimum absolute atomic E-state index is 0.996. The highest BCUT2D eigenvalue weighted by Crippen LogP contribution is 2.82. The average molecular weight is 384 g/mol. The van der Waals surface area contributed by atoms with Gasteiger partial charge >= 0.3 is 0 Å². The van der Waals surface area contributed by atoms with Crippen LogP contribution in [0.3, 0.4) is 0 Å². The summed E-state index contributed by atoms with van der Waals surface area (Å²) in [7, 11) is 11.3. The second kappa shape index (κ2) is 6.64. The Bertz CT molecular complexity index is 579. The zero-order chi connectivity index (χ0) is 17.6. The summed E-state index contributed by atoms with van der Waals surface area (Å²) >= 11 is 0. The number of hydrogen-bond donors (Lipinski definition) is 0. The predicted molar refractivity (Wildman–Crippen MR) is 101 cm³/mol.